The predicted molar refractivity (Wildman–Crippen MR) is 69.8 cm³/mol. The lowest BCUT2D eigenvalue weighted by Crippen LogP contribution is -2.30. The molecule has 1 aromatic carbocycles. The van der Waals surface area contributed by atoms with E-state index in [0.29, 0.717) is 17.4 Å². The zero-order valence-corrected chi connectivity index (χ0v) is 11.0. The molecule has 0 aliphatic heterocycles. The largest absolute Gasteiger partial charge is 0.482 e. The van der Waals surface area contributed by atoms with Crippen LogP contribution in [0, 0.1) is 5.92 Å². The van der Waals surface area contributed by atoms with Crippen LogP contribution in [-0.2, 0) is 4.79 Å². The van der Waals surface area contributed by atoms with E-state index in [4.69, 9.17) is 10.5 Å². The van der Waals surface area contributed by atoms with E-state index in [1.165, 1.54) is 12.8 Å². The second-order valence-electron chi connectivity index (χ2n) is 4.22. The third kappa shape index (κ3) is 3.93. The average molecular weight is 299 g/mol. The maximum atomic E-state index is 11.4. The smallest absolute Gasteiger partial charge is 0.257 e. The number of ether oxygens (including phenoxy) is 1. The molecule has 0 atom stereocenters. The summed E-state index contributed by atoms with van der Waals surface area (Å²) in [5, 5.41) is 2.83. The first-order valence-electron chi connectivity index (χ1n) is 5.59. The average Bonchev–Trinajstić information content (AvgIpc) is 3.09. The van der Waals surface area contributed by atoms with E-state index in [-0.39, 0.29) is 12.5 Å². The Hall–Kier alpha value is -1.23. The second kappa shape index (κ2) is 5.40. The molecule has 0 unspecified atom stereocenters. The Kier molecular flexibility index (Phi) is 3.89. The quantitative estimate of drug-likeness (QED) is 0.817. The number of nitrogen functional groups attached to an aromatic ring is 1. The molecular formula is C12H15BrN2O2. The van der Waals surface area contributed by atoms with Crippen LogP contribution in [0.1, 0.15) is 12.8 Å². The van der Waals surface area contributed by atoms with E-state index in [9.17, 15) is 4.79 Å². The predicted octanol–water partition coefficient (Wildman–Crippen LogP) is 1.94. The molecule has 1 aliphatic carbocycles. The topological polar surface area (TPSA) is 64.3 Å². The van der Waals surface area contributed by atoms with E-state index in [2.05, 4.69) is 21.2 Å². The van der Waals surface area contributed by atoms with Crippen molar-refractivity contribution in [3.8, 4) is 5.75 Å². The van der Waals surface area contributed by atoms with Crippen molar-refractivity contribution < 1.29 is 9.53 Å². The van der Waals surface area contributed by atoms with E-state index >= 15 is 0 Å². The lowest BCUT2D eigenvalue weighted by Gasteiger charge is -2.09. The molecule has 2 rings (SSSR count). The Morgan fingerprint density at radius 1 is 1.53 bits per heavy atom. The van der Waals surface area contributed by atoms with Crippen LogP contribution in [-0.4, -0.2) is 19.1 Å². The molecule has 1 amide bonds. The number of nitrogens with one attached hydrogen (secondary N) is 1. The molecule has 0 bridgehead atoms. The molecule has 4 nitrogen and oxygen atoms in total. The fourth-order valence-electron chi connectivity index (χ4n) is 1.43. The molecule has 1 aliphatic rings. The van der Waals surface area contributed by atoms with Crippen LogP contribution in [0.25, 0.3) is 0 Å². The molecule has 0 heterocycles. The Morgan fingerprint density at radius 3 is 2.94 bits per heavy atom. The summed E-state index contributed by atoms with van der Waals surface area (Å²) < 4.78 is 6.24. The van der Waals surface area contributed by atoms with Crippen molar-refractivity contribution in [2.45, 2.75) is 12.8 Å². The number of nitrogens with two attached hydrogens (primary N) is 1. The number of benzene rings is 1. The molecule has 1 aromatic rings. The van der Waals surface area contributed by atoms with Crippen molar-refractivity contribution >= 4 is 27.5 Å². The maximum absolute atomic E-state index is 11.4. The molecule has 0 saturated heterocycles. The van der Waals surface area contributed by atoms with Crippen molar-refractivity contribution in [2.24, 2.45) is 5.92 Å². The molecule has 0 radical (unpaired) electrons. The summed E-state index contributed by atoms with van der Waals surface area (Å²) in [7, 11) is 0. The SMILES string of the molecule is Nc1cc(Br)ccc1OCC(=O)NCC1CC1. The number of anilines is 1. The van der Waals surface area contributed by atoms with Crippen LogP contribution < -0.4 is 15.8 Å². The second-order valence-corrected chi connectivity index (χ2v) is 5.13. The fourth-order valence-corrected chi connectivity index (χ4v) is 1.80. The minimum Gasteiger partial charge on any atom is -0.482 e. The van der Waals surface area contributed by atoms with Crippen LogP contribution in [0.3, 0.4) is 0 Å². The van der Waals surface area contributed by atoms with Crippen molar-refractivity contribution in [2.75, 3.05) is 18.9 Å². The van der Waals surface area contributed by atoms with E-state index in [1.54, 1.807) is 12.1 Å². The normalized spacial score (nSPS) is 14.4. The summed E-state index contributed by atoms with van der Waals surface area (Å²) in [5.41, 5.74) is 6.28. The molecule has 1 saturated carbocycles. The van der Waals surface area contributed by atoms with E-state index in [0.717, 1.165) is 11.0 Å². The van der Waals surface area contributed by atoms with Crippen LogP contribution >= 0.6 is 15.9 Å². The number of amides is 1. The van der Waals surface area contributed by atoms with Gasteiger partial charge >= 0.3 is 0 Å². The van der Waals surface area contributed by atoms with Gasteiger partial charge in [0.05, 0.1) is 5.69 Å². The standard InChI is InChI=1S/C12H15BrN2O2/c13-9-3-4-11(10(14)5-9)17-7-12(16)15-6-8-1-2-8/h3-5,8H,1-2,6-7,14H2,(H,15,16). The van der Waals surface area contributed by atoms with Gasteiger partial charge in [-0.25, -0.2) is 0 Å². The van der Waals surface area contributed by atoms with Gasteiger partial charge in [-0.05, 0) is 37.0 Å². The van der Waals surface area contributed by atoms with Gasteiger partial charge in [0.2, 0.25) is 0 Å². The van der Waals surface area contributed by atoms with Crippen molar-refractivity contribution in [1.29, 1.82) is 0 Å². The lowest BCUT2D eigenvalue weighted by molar-refractivity contribution is -0.123. The Morgan fingerprint density at radius 2 is 2.29 bits per heavy atom. The number of halogens is 1. The molecule has 0 spiro atoms. The minimum absolute atomic E-state index is 0.0125. The first kappa shape index (κ1) is 12.2. The van der Waals surface area contributed by atoms with Gasteiger partial charge in [0.15, 0.2) is 6.61 Å². The van der Waals surface area contributed by atoms with Crippen LogP contribution in [0.4, 0.5) is 5.69 Å². The Labute approximate surface area is 109 Å². The number of rotatable bonds is 5. The van der Waals surface area contributed by atoms with E-state index in [1.807, 2.05) is 6.07 Å². The highest BCUT2D eigenvalue weighted by atomic mass is 79.9. The number of carbonyl (C=O) groups excluding carboxylic acids is 1. The van der Waals surface area contributed by atoms with Crippen LogP contribution in [0.15, 0.2) is 22.7 Å². The molecule has 92 valence electrons. The number of hydrogen-bond donors (Lipinski definition) is 2. The Balaban J connectivity index is 1.77. The maximum Gasteiger partial charge on any atom is 0.257 e. The highest BCUT2D eigenvalue weighted by molar-refractivity contribution is 9.10. The van der Waals surface area contributed by atoms with Gasteiger partial charge in [-0.3, -0.25) is 4.79 Å². The van der Waals surface area contributed by atoms with Crippen molar-refractivity contribution in [3.05, 3.63) is 22.7 Å². The van der Waals surface area contributed by atoms with Crippen molar-refractivity contribution in [3.63, 3.8) is 0 Å². The van der Waals surface area contributed by atoms with Gasteiger partial charge in [-0.15, -0.1) is 0 Å². The summed E-state index contributed by atoms with van der Waals surface area (Å²) in [6, 6.07) is 5.32. The number of hydrogen-bond acceptors (Lipinski definition) is 3. The van der Waals surface area contributed by atoms with Crippen molar-refractivity contribution in [1.82, 2.24) is 5.32 Å². The summed E-state index contributed by atoms with van der Waals surface area (Å²) in [4.78, 5) is 11.4. The first-order valence-corrected chi connectivity index (χ1v) is 6.39. The van der Waals surface area contributed by atoms with Crippen LogP contribution in [0.2, 0.25) is 0 Å². The zero-order chi connectivity index (χ0) is 12.3. The minimum atomic E-state index is -0.0979. The van der Waals surface area contributed by atoms with Gasteiger partial charge in [-0.2, -0.15) is 0 Å². The first-order chi connectivity index (χ1) is 8.15. The van der Waals surface area contributed by atoms with Gasteiger partial charge in [-0.1, -0.05) is 15.9 Å². The molecule has 0 aromatic heterocycles. The summed E-state index contributed by atoms with van der Waals surface area (Å²) in [6.07, 6.45) is 2.45. The molecule has 5 heteroatoms. The van der Waals surface area contributed by atoms with Gasteiger partial charge in [0, 0.05) is 11.0 Å². The molecular weight excluding hydrogens is 284 g/mol. The molecule has 1 fully saturated rings. The highest BCUT2D eigenvalue weighted by Gasteiger charge is 2.21. The lowest BCUT2D eigenvalue weighted by atomic mass is 10.3. The Bertz CT molecular complexity index is 419. The number of carbonyl (C=O) groups is 1. The summed E-state index contributed by atoms with van der Waals surface area (Å²) in [6.45, 7) is 0.774. The molecule has 17 heavy (non-hydrogen) atoms. The monoisotopic (exact) mass is 298 g/mol. The van der Waals surface area contributed by atoms with Gasteiger partial charge < -0.3 is 15.8 Å². The third-order valence-corrected chi connectivity index (χ3v) is 3.11. The van der Waals surface area contributed by atoms with E-state index < -0.39 is 0 Å². The highest BCUT2D eigenvalue weighted by Crippen LogP contribution is 2.27. The van der Waals surface area contributed by atoms with Gasteiger partial charge in [0.1, 0.15) is 5.75 Å². The summed E-state index contributed by atoms with van der Waals surface area (Å²) in [5.74, 6) is 1.12. The van der Waals surface area contributed by atoms with Crippen LogP contribution in [0.5, 0.6) is 5.75 Å². The summed E-state index contributed by atoms with van der Waals surface area (Å²) >= 11 is 3.31. The fraction of sp³-hybridized carbons (Fsp3) is 0.417. The molecule has 3 N–H and O–H groups in total. The third-order valence-electron chi connectivity index (χ3n) is 2.62. The van der Waals surface area contributed by atoms with Gasteiger partial charge in [0.25, 0.3) is 5.91 Å². The zero-order valence-electron chi connectivity index (χ0n) is 9.41.